The van der Waals surface area contributed by atoms with E-state index in [1.54, 1.807) is 0 Å². The molecular formula is C29H31N5O3. The smallest absolute Gasteiger partial charge is 0.255 e. The van der Waals surface area contributed by atoms with Gasteiger partial charge in [-0.3, -0.25) is 9.69 Å². The molecule has 0 radical (unpaired) electrons. The number of ether oxygens (including phenoxy) is 2. The number of nitrogens with zero attached hydrogens (tertiary/aromatic N) is 3. The summed E-state index contributed by atoms with van der Waals surface area (Å²) in [6.07, 6.45) is 0. The van der Waals surface area contributed by atoms with Gasteiger partial charge in [-0.2, -0.15) is 0 Å². The van der Waals surface area contributed by atoms with Gasteiger partial charge < -0.3 is 24.7 Å². The highest BCUT2D eigenvalue weighted by atomic mass is 16.5. The van der Waals surface area contributed by atoms with Crippen LogP contribution in [0.4, 0.5) is 11.4 Å². The van der Waals surface area contributed by atoms with E-state index in [0.29, 0.717) is 11.3 Å². The van der Waals surface area contributed by atoms with Crippen LogP contribution >= 0.6 is 0 Å². The number of fused-ring (bicyclic) bond motifs is 1. The van der Waals surface area contributed by atoms with Crippen molar-refractivity contribution in [1.29, 1.82) is 0 Å². The SMILES string of the molecule is O=C(Nc1ccc2[nH]c(-c3cccc(CN4CCOCC4)c3)nc2c1)c1ccc(N2CCOCC2)cc1. The zero-order valence-corrected chi connectivity index (χ0v) is 20.8. The van der Waals surface area contributed by atoms with E-state index in [1.165, 1.54) is 5.56 Å². The molecule has 3 heterocycles. The van der Waals surface area contributed by atoms with Gasteiger partial charge in [-0.05, 0) is 54.1 Å². The number of rotatable bonds is 6. The largest absolute Gasteiger partial charge is 0.379 e. The number of amides is 1. The summed E-state index contributed by atoms with van der Waals surface area (Å²) in [5.74, 6) is 0.681. The van der Waals surface area contributed by atoms with Gasteiger partial charge in [0.15, 0.2) is 0 Å². The first-order valence-corrected chi connectivity index (χ1v) is 12.8. The van der Waals surface area contributed by atoms with Gasteiger partial charge in [0.05, 0.1) is 37.5 Å². The standard InChI is InChI=1S/C29H31N5O3/c35-29(22-4-7-25(8-5-22)34-12-16-37-17-13-34)30-24-6-9-26-27(19-24)32-28(31-26)23-3-1-2-21(18-23)20-33-10-14-36-15-11-33/h1-9,18-19H,10-17,20H2,(H,30,35)(H,31,32). The summed E-state index contributed by atoms with van der Waals surface area (Å²) in [7, 11) is 0. The molecule has 2 aliphatic heterocycles. The van der Waals surface area contributed by atoms with Gasteiger partial charge in [0, 0.05) is 55.2 Å². The number of carbonyl (C=O) groups excluding carboxylic acids is 1. The fourth-order valence-electron chi connectivity index (χ4n) is 4.90. The molecule has 2 N–H and O–H groups in total. The number of aromatic amines is 1. The summed E-state index contributed by atoms with van der Waals surface area (Å²) in [6.45, 7) is 7.62. The third-order valence-electron chi connectivity index (χ3n) is 6.96. The van der Waals surface area contributed by atoms with E-state index >= 15 is 0 Å². The maximum atomic E-state index is 12.9. The third-order valence-corrected chi connectivity index (χ3v) is 6.96. The molecule has 1 aromatic heterocycles. The Morgan fingerprint density at radius 1 is 0.892 bits per heavy atom. The molecule has 0 bridgehead atoms. The van der Waals surface area contributed by atoms with Gasteiger partial charge in [-0.1, -0.05) is 18.2 Å². The van der Waals surface area contributed by atoms with Gasteiger partial charge in [0.2, 0.25) is 0 Å². The average Bonchev–Trinajstić information content (AvgIpc) is 3.38. The first-order valence-electron chi connectivity index (χ1n) is 12.8. The molecule has 3 aromatic carbocycles. The van der Waals surface area contributed by atoms with Gasteiger partial charge >= 0.3 is 0 Å². The molecule has 4 aromatic rings. The summed E-state index contributed by atoms with van der Waals surface area (Å²) in [5.41, 5.74) is 6.50. The van der Waals surface area contributed by atoms with E-state index < -0.39 is 0 Å². The maximum Gasteiger partial charge on any atom is 0.255 e. The predicted molar refractivity (Wildman–Crippen MR) is 145 cm³/mol. The molecular weight excluding hydrogens is 466 g/mol. The second-order valence-corrected chi connectivity index (χ2v) is 9.51. The second kappa shape index (κ2) is 10.7. The van der Waals surface area contributed by atoms with Crippen LogP contribution in [-0.4, -0.2) is 73.4 Å². The highest BCUT2D eigenvalue weighted by Crippen LogP contribution is 2.25. The number of imidazole rings is 1. The molecule has 0 atom stereocenters. The number of H-pyrrole nitrogens is 1. The van der Waals surface area contributed by atoms with Crippen molar-refractivity contribution < 1.29 is 14.3 Å². The van der Waals surface area contributed by atoms with Crippen LogP contribution < -0.4 is 10.2 Å². The van der Waals surface area contributed by atoms with Crippen molar-refractivity contribution >= 4 is 28.3 Å². The Kier molecular flexibility index (Phi) is 6.86. The van der Waals surface area contributed by atoms with Crippen molar-refractivity contribution in [3.8, 4) is 11.4 Å². The van der Waals surface area contributed by atoms with E-state index in [2.05, 4.69) is 44.4 Å². The van der Waals surface area contributed by atoms with Crippen LogP contribution in [0.5, 0.6) is 0 Å². The van der Waals surface area contributed by atoms with E-state index in [-0.39, 0.29) is 5.91 Å². The maximum absolute atomic E-state index is 12.9. The van der Waals surface area contributed by atoms with Gasteiger partial charge in [-0.15, -0.1) is 0 Å². The van der Waals surface area contributed by atoms with E-state index in [0.717, 1.165) is 87.3 Å². The van der Waals surface area contributed by atoms with Crippen LogP contribution in [0.2, 0.25) is 0 Å². The number of hydrogen-bond acceptors (Lipinski definition) is 6. The Morgan fingerprint density at radius 2 is 1.65 bits per heavy atom. The van der Waals surface area contributed by atoms with Crippen molar-refractivity contribution in [1.82, 2.24) is 14.9 Å². The van der Waals surface area contributed by atoms with Gasteiger partial charge in [-0.25, -0.2) is 4.98 Å². The zero-order valence-electron chi connectivity index (χ0n) is 20.8. The van der Waals surface area contributed by atoms with Crippen molar-refractivity contribution in [2.75, 3.05) is 62.8 Å². The first kappa shape index (κ1) is 23.7. The minimum absolute atomic E-state index is 0.139. The monoisotopic (exact) mass is 497 g/mol. The van der Waals surface area contributed by atoms with Crippen molar-refractivity contribution in [2.24, 2.45) is 0 Å². The van der Waals surface area contributed by atoms with E-state index in [9.17, 15) is 4.79 Å². The van der Waals surface area contributed by atoms with Crippen molar-refractivity contribution in [2.45, 2.75) is 6.54 Å². The fourth-order valence-corrected chi connectivity index (χ4v) is 4.90. The Morgan fingerprint density at radius 3 is 2.43 bits per heavy atom. The number of hydrogen-bond donors (Lipinski definition) is 2. The first-order chi connectivity index (χ1) is 18.2. The minimum atomic E-state index is -0.139. The number of carbonyl (C=O) groups is 1. The lowest BCUT2D eigenvalue weighted by molar-refractivity contribution is 0.0342. The van der Waals surface area contributed by atoms with Crippen LogP contribution in [0.25, 0.3) is 22.4 Å². The molecule has 0 unspecified atom stereocenters. The number of nitrogens with one attached hydrogen (secondary N) is 2. The molecule has 6 rings (SSSR count). The summed E-state index contributed by atoms with van der Waals surface area (Å²) in [6, 6.07) is 22.0. The number of morpholine rings is 2. The molecule has 8 heteroatoms. The van der Waals surface area contributed by atoms with Gasteiger partial charge in [0.1, 0.15) is 5.82 Å². The summed E-state index contributed by atoms with van der Waals surface area (Å²) in [4.78, 5) is 25.8. The van der Waals surface area contributed by atoms with Crippen LogP contribution in [0.15, 0.2) is 66.7 Å². The molecule has 190 valence electrons. The van der Waals surface area contributed by atoms with E-state index in [4.69, 9.17) is 14.5 Å². The Labute approximate surface area is 216 Å². The number of aromatic nitrogens is 2. The molecule has 2 fully saturated rings. The normalized spacial score (nSPS) is 16.7. The topological polar surface area (TPSA) is 82.7 Å². The molecule has 0 saturated carbocycles. The average molecular weight is 498 g/mol. The number of benzene rings is 3. The molecule has 37 heavy (non-hydrogen) atoms. The lowest BCUT2D eigenvalue weighted by atomic mass is 10.1. The fraction of sp³-hybridized carbons (Fsp3) is 0.310. The number of anilines is 2. The molecule has 1 amide bonds. The summed E-state index contributed by atoms with van der Waals surface area (Å²) >= 11 is 0. The van der Waals surface area contributed by atoms with Crippen LogP contribution in [0, 0.1) is 0 Å². The molecule has 0 spiro atoms. The Hall–Kier alpha value is -3.72. The quantitative estimate of drug-likeness (QED) is 0.417. The zero-order chi connectivity index (χ0) is 25.0. The molecule has 2 aliphatic rings. The van der Waals surface area contributed by atoms with Gasteiger partial charge in [0.25, 0.3) is 5.91 Å². The summed E-state index contributed by atoms with van der Waals surface area (Å²) in [5, 5.41) is 3.01. The molecule has 8 nitrogen and oxygen atoms in total. The summed E-state index contributed by atoms with van der Waals surface area (Å²) < 4.78 is 10.9. The Balaban J connectivity index is 1.14. The van der Waals surface area contributed by atoms with Crippen molar-refractivity contribution in [3.05, 3.63) is 77.9 Å². The van der Waals surface area contributed by atoms with Crippen LogP contribution in [-0.2, 0) is 16.0 Å². The minimum Gasteiger partial charge on any atom is -0.379 e. The predicted octanol–water partition coefficient (Wildman–Crippen LogP) is 4.15. The molecule has 0 aliphatic carbocycles. The highest BCUT2D eigenvalue weighted by Gasteiger charge is 2.14. The van der Waals surface area contributed by atoms with Crippen LogP contribution in [0.1, 0.15) is 15.9 Å². The lowest BCUT2D eigenvalue weighted by Crippen LogP contribution is -2.36. The van der Waals surface area contributed by atoms with E-state index in [1.807, 2.05) is 42.5 Å². The Bertz CT molecular complexity index is 1370. The third kappa shape index (κ3) is 5.51. The molecule has 2 saturated heterocycles. The van der Waals surface area contributed by atoms with Crippen molar-refractivity contribution in [3.63, 3.8) is 0 Å². The van der Waals surface area contributed by atoms with Crippen LogP contribution in [0.3, 0.4) is 0 Å². The highest BCUT2D eigenvalue weighted by molar-refractivity contribution is 6.05. The second-order valence-electron chi connectivity index (χ2n) is 9.51. The lowest BCUT2D eigenvalue weighted by Gasteiger charge is -2.28.